The Kier molecular flexibility index (Phi) is 5.39. The van der Waals surface area contributed by atoms with E-state index in [4.69, 9.17) is 16.3 Å². The summed E-state index contributed by atoms with van der Waals surface area (Å²) < 4.78 is 60.0. The van der Waals surface area contributed by atoms with Crippen LogP contribution in [0.25, 0.3) is 10.9 Å². The van der Waals surface area contributed by atoms with E-state index in [1.165, 1.54) is 0 Å². The van der Waals surface area contributed by atoms with Crippen molar-refractivity contribution < 1.29 is 22.2 Å². The number of benzene rings is 3. The van der Waals surface area contributed by atoms with Crippen LogP contribution in [-0.2, 0) is 6.18 Å². The quantitative estimate of drug-likeness (QED) is 0.327. The molecule has 0 aliphatic heterocycles. The number of halogens is 5. The minimum atomic E-state index is -4.69. The van der Waals surface area contributed by atoms with Gasteiger partial charge in [0.25, 0.3) is 0 Å². The summed E-state index contributed by atoms with van der Waals surface area (Å²) in [6.45, 7) is -1.01. The minimum absolute atomic E-state index is 0.0255. The van der Waals surface area contributed by atoms with Crippen LogP contribution < -0.4 is 15.6 Å². The van der Waals surface area contributed by atoms with Crippen molar-refractivity contribution in [1.29, 1.82) is 0 Å². The SMILES string of the molecule is Fc1cc(B(Oc2cccc3cccnc23)c2ccc(Cl)cc2)cc(C(F)(F)F)c1. The Hall–Kier alpha value is -3.06. The second-order valence-corrected chi connectivity index (χ2v) is 7.09. The van der Waals surface area contributed by atoms with E-state index in [0.717, 1.165) is 17.5 Å². The number of alkyl halides is 3. The average Bonchev–Trinajstić information content (AvgIpc) is 2.72. The fourth-order valence-corrected chi connectivity index (χ4v) is 3.32. The summed E-state index contributed by atoms with van der Waals surface area (Å²) >= 11 is 5.95. The highest BCUT2D eigenvalue weighted by atomic mass is 35.5. The van der Waals surface area contributed by atoms with E-state index in [9.17, 15) is 17.6 Å². The summed E-state index contributed by atoms with van der Waals surface area (Å²) in [5, 5.41) is 1.26. The summed E-state index contributed by atoms with van der Waals surface area (Å²) in [6, 6.07) is 17.7. The van der Waals surface area contributed by atoms with Crippen molar-refractivity contribution >= 4 is 40.3 Å². The molecule has 0 aliphatic rings. The molecule has 0 radical (unpaired) electrons. The molecule has 2 nitrogen and oxygen atoms in total. The number of hydrogen-bond acceptors (Lipinski definition) is 2. The molecular formula is C22H13BClF4NO. The number of rotatable bonds is 4. The second kappa shape index (κ2) is 7.99. The molecule has 0 fully saturated rings. The van der Waals surface area contributed by atoms with Gasteiger partial charge in [0.15, 0.2) is 0 Å². The normalized spacial score (nSPS) is 11.5. The molecule has 0 aliphatic carbocycles. The monoisotopic (exact) mass is 429 g/mol. The number of para-hydroxylation sites is 1. The molecule has 1 aromatic heterocycles. The van der Waals surface area contributed by atoms with Gasteiger partial charge in [-0.2, -0.15) is 13.2 Å². The van der Waals surface area contributed by atoms with Gasteiger partial charge in [-0.1, -0.05) is 48.0 Å². The van der Waals surface area contributed by atoms with Crippen LogP contribution in [0.3, 0.4) is 0 Å². The van der Waals surface area contributed by atoms with Crippen molar-refractivity contribution in [1.82, 2.24) is 4.98 Å². The highest BCUT2D eigenvalue weighted by Crippen LogP contribution is 2.29. The standard InChI is InChI=1S/C22H13BClF4NO/c24-18-8-6-16(7-9-18)23(17-11-15(22(26,27)28)12-19(25)13-17)30-20-5-1-3-14-4-2-10-29-21(14)20/h1-13H. The largest absolute Gasteiger partial charge is 0.550 e. The van der Waals surface area contributed by atoms with Gasteiger partial charge in [-0.05, 0) is 47.3 Å². The maximum Gasteiger partial charge on any atom is 0.426 e. The fraction of sp³-hybridized carbons (Fsp3) is 0.0455. The molecule has 4 aromatic rings. The molecule has 0 bridgehead atoms. The molecule has 0 saturated carbocycles. The van der Waals surface area contributed by atoms with Gasteiger partial charge >= 0.3 is 13.1 Å². The van der Waals surface area contributed by atoms with Crippen LogP contribution >= 0.6 is 11.6 Å². The van der Waals surface area contributed by atoms with Crippen molar-refractivity contribution in [2.75, 3.05) is 0 Å². The molecule has 0 unspecified atom stereocenters. The predicted octanol–water partition coefficient (Wildman–Crippen LogP) is 5.23. The van der Waals surface area contributed by atoms with Gasteiger partial charge in [-0.3, -0.25) is 4.98 Å². The maximum absolute atomic E-state index is 14.1. The third kappa shape index (κ3) is 4.26. The zero-order valence-corrected chi connectivity index (χ0v) is 16.1. The van der Waals surface area contributed by atoms with Crippen molar-refractivity contribution in [3.8, 4) is 5.75 Å². The second-order valence-electron chi connectivity index (χ2n) is 6.65. The number of hydrogen-bond donors (Lipinski definition) is 0. The van der Waals surface area contributed by atoms with Gasteiger partial charge in [0, 0.05) is 16.6 Å². The molecule has 0 saturated heterocycles. The Morgan fingerprint density at radius 1 is 0.867 bits per heavy atom. The number of nitrogens with zero attached hydrogens (tertiary/aromatic N) is 1. The first-order chi connectivity index (χ1) is 14.3. The molecular weight excluding hydrogens is 417 g/mol. The summed E-state index contributed by atoms with van der Waals surface area (Å²) in [4.78, 5) is 4.31. The highest BCUT2D eigenvalue weighted by molar-refractivity contribution is 6.80. The van der Waals surface area contributed by atoms with Crippen molar-refractivity contribution in [2.45, 2.75) is 6.18 Å². The third-order valence-corrected chi connectivity index (χ3v) is 4.82. The first kappa shape index (κ1) is 20.2. The summed E-state index contributed by atoms with van der Waals surface area (Å²) in [6.07, 6.45) is -3.10. The number of aromatic nitrogens is 1. The minimum Gasteiger partial charge on any atom is -0.550 e. The molecule has 0 atom stereocenters. The van der Waals surface area contributed by atoms with Gasteiger partial charge in [0.05, 0.1) is 5.56 Å². The smallest absolute Gasteiger partial charge is 0.426 e. The summed E-state index contributed by atoms with van der Waals surface area (Å²) in [5.74, 6) is -0.635. The van der Waals surface area contributed by atoms with Crippen LogP contribution in [0, 0.1) is 5.82 Å². The van der Waals surface area contributed by atoms with E-state index >= 15 is 0 Å². The van der Waals surface area contributed by atoms with Gasteiger partial charge < -0.3 is 4.65 Å². The average molecular weight is 430 g/mol. The lowest BCUT2D eigenvalue weighted by Crippen LogP contribution is -2.48. The van der Waals surface area contributed by atoms with Gasteiger partial charge in [-0.15, -0.1) is 0 Å². The lowest BCUT2D eigenvalue weighted by molar-refractivity contribution is -0.137. The Morgan fingerprint density at radius 3 is 2.33 bits per heavy atom. The molecule has 0 spiro atoms. The molecule has 1 heterocycles. The third-order valence-electron chi connectivity index (χ3n) is 4.56. The van der Waals surface area contributed by atoms with E-state index in [-0.39, 0.29) is 5.46 Å². The van der Waals surface area contributed by atoms with E-state index in [2.05, 4.69) is 4.98 Å². The van der Waals surface area contributed by atoms with E-state index in [0.29, 0.717) is 27.8 Å². The Bertz CT molecular complexity index is 1190. The molecule has 3 aromatic carbocycles. The Labute approximate surface area is 175 Å². The van der Waals surface area contributed by atoms with Crippen LogP contribution in [0.5, 0.6) is 5.75 Å². The lowest BCUT2D eigenvalue weighted by atomic mass is 9.55. The van der Waals surface area contributed by atoms with E-state index in [1.807, 2.05) is 12.1 Å². The Morgan fingerprint density at radius 2 is 1.60 bits per heavy atom. The molecule has 8 heteroatoms. The lowest BCUT2D eigenvalue weighted by Gasteiger charge is -2.19. The number of pyridine rings is 1. The highest BCUT2D eigenvalue weighted by Gasteiger charge is 2.34. The molecule has 150 valence electrons. The van der Waals surface area contributed by atoms with Gasteiger partial charge in [0.2, 0.25) is 0 Å². The van der Waals surface area contributed by atoms with Crippen molar-refractivity contribution in [2.24, 2.45) is 0 Å². The zero-order valence-electron chi connectivity index (χ0n) is 15.3. The van der Waals surface area contributed by atoms with Crippen LogP contribution in [-0.4, -0.2) is 11.9 Å². The predicted molar refractivity (Wildman–Crippen MR) is 110 cm³/mol. The fourth-order valence-electron chi connectivity index (χ4n) is 3.19. The van der Waals surface area contributed by atoms with Crippen molar-refractivity contribution in [3.05, 3.63) is 95.4 Å². The van der Waals surface area contributed by atoms with E-state index < -0.39 is 24.5 Å². The molecule has 4 rings (SSSR count). The molecule has 30 heavy (non-hydrogen) atoms. The van der Waals surface area contributed by atoms with Crippen LogP contribution in [0.2, 0.25) is 5.02 Å². The first-order valence-electron chi connectivity index (χ1n) is 8.95. The molecule has 0 amide bonds. The first-order valence-corrected chi connectivity index (χ1v) is 9.32. The maximum atomic E-state index is 14.1. The zero-order chi connectivity index (χ0) is 21.3. The summed E-state index contributed by atoms with van der Waals surface area (Å²) in [7, 11) is 0. The van der Waals surface area contributed by atoms with Crippen LogP contribution in [0.4, 0.5) is 17.6 Å². The Balaban J connectivity index is 1.85. The van der Waals surface area contributed by atoms with E-state index in [1.54, 1.807) is 48.7 Å². The van der Waals surface area contributed by atoms with Crippen LogP contribution in [0.15, 0.2) is 79.0 Å². The van der Waals surface area contributed by atoms with Crippen LogP contribution in [0.1, 0.15) is 5.56 Å². The summed E-state index contributed by atoms with van der Waals surface area (Å²) in [5.41, 5.74) is 0.00570. The topological polar surface area (TPSA) is 22.1 Å². The van der Waals surface area contributed by atoms with Gasteiger partial charge in [-0.25, -0.2) is 4.39 Å². The van der Waals surface area contributed by atoms with Gasteiger partial charge in [0.1, 0.15) is 17.1 Å². The number of fused-ring (bicyclic) bond motifs is 1. The molecule has 0 N–H and O–H groups in total. The van der Waals surface area contributed by atoms with Crippen molar-refractivity contribution in [3.63, 3.8) is 0 Å².